The van der Waals surface area contributed by atoms with Crippen molar-refractivity contribution in [2.24, 2.45) is 0 Å². The van der Waals surface area contributed by atoms with E-state index in [2.05, 4.69) is 4.98 Å². The van der Waals surface area contributed by atoms with E-state index < -0.39 is 6.10 Å². The Morgan fingerprint density at radius 3 is 2.22 bits per heavy atom. The van der Waals surface area contributed by atoms with E-state index in [0.717, 1.165) is 5.56 Å². The molecule has 4 heteroatoms. The summed E-state index contributed by atoms with van der Waals surface area (Å²) in [5.41, 5.74) is 1.44. The molecule has 1 heterocycles. The van der Waals surface area contributed by atoms with Crippen LogP contribution in [0.1, 0.15) is 17.2 Å². The topological polar surface area (TPSA) is 51.6 Å². The van der Waals surface area contributed by atoms with Gasteiger partial charge in [0.25, 0.3) is 0 Å². The molecule has 0 saturated carbocycles. The third-order valence-corrected chi connectivity index (χ3v) is 2.69. The van der Waals surface area contributed by atoms with Crippen molar-refractivity contribution in [2.45, 2.75) is 6.10 Å². The number of hydrogen-bond donors (Lipinski definition) is 1. The molecule has 0 bridgehead atoms. The first kappa shape index (κ1) is 12.4. The lowest BCUT2D eigenvalue weighted by Gasteiger charge is -2.13. The minimum Gasteiger partial charge on any atom is -0.497 e. The van der Waals surface area contributed by atoms with Gasteiger partial charge in [-0.3, -0.25) is 4.98 Å². The highest BCUT2D eigenvalue weighted by atomic mass is 16.5. The number of aliphatic hydroxyl groups excluding tert-OH is 1. The number of aromatic nitrogens is 1. The maximum atomic E-state index is 10.3. The molecule has 0 radical (unpaired) electrons. The Morgan fingerprint density at radius 1 is 1.06 bits per heavy atom. The van der Waals surface area contributed by atoms with E-state index in [-0.39, 0.29) is 0 Å². The minimum atomic E-state index is -0.748. The molecule has 1 N–H and O–H groups in total. The number of benzene rings is 1. The molecule has 0 amide bonds. The van der Waals surface area contributed by atoms with Crippen LogP contribution in [0.5, 0.6) is 11.5 Å². The maximum Gasteiger partial charge on any atom is 0.122 e. The van der Waals surface area contributed by atoms with Crippen LogP contribution in [0.15, 0.2) is 42.7 Å². The van der Waals surface area contributed by atoms with Gasteiger partial charge in [-0.2, -0.15) is 0 Å². The van der Waals surface area contributed by atoms with Crippen LogP contribution >= 0.6 is 0 Å². The fourth-order valence-corrected chi connectivity index (χ4v) is 1.72. The smallest absolute Gasteiger partial charge is 0.122 e. The van der Waals surface area contributed by atoms with Crippen molar-refractivity contribution in [1.82, 2.24) is 4.98 Å². The Labute approximate surface area is 106 Å². The molecule has 0 saturated heterocycles. The Hall–Kier alpha value is -2.07. The quantitative estimate of drug-likeness (QED) is 0.897. The van der Waals surface area contributed by atoms with Crippen molar-refractivity contribution in [3.63, 3.8) is 0 Å². The Bertz CT molecular complexity index is 491. The molecule has 0 aliphatic heterocycles. The molecule has 0 spiro atoms. The highest BCUT2D eigenvalue weighted by Gasteiger charge is 2.13. The predicted octanol–water partition coefficient (Wildman–Crippen LogP) is 2.18. The van der Waals surface area contributed by atoms with Crippen molar-refractivity contribution in [1.29, 1.82) is 0 Å². The van der Waals surface area contributed by atoms with Gasteiger partial charge in [-0.25, -0.2) is 0 Å². The molecule has 1 aromatic carbocycles. The number of rotatable bonds is 4. The van der Waals surface area contributed by atoms with Crippen molar-refractivity contribution < 1.29 is 14.6 Å². The van der Waals surface area contributed by atoms with Gasteiger partial charge in [0.2, 0.25) is 0 Å². The zero-order valence-electron chi connectivity index (χ0n) is 10.3. The summed E-state index contributed by atoms with van der Waals surface area (Å²) in [7, 11) is 3.16. The standard InChI is InChI=1S/C14H15NO3/c1-17-12-6-11(7-13(8-12)18-2)14(16)10-4-3-5-15-9-10/h3-9,14,16H,1-2H3. The van der Waals surface area contributed by atoms with Gasteiger partial charge in [0.15, 0.2) is 0 Å². The average Bonchev–Trinajstić information content (AvgIpc) is 2.46. The van der Waals surface area contributed by atoms with Crippen molar-refractivity contribution in [2.75, 3.05) is 14.2 Å². The van der Waals surface area contributed by atoms with Crippen LogP contribution < -0.4 is 9.47 Å². The zero-order chi connectivity index (χ0) is 13.0. The number of methoxy groups -OCH3 is 2. The van der Waals surface area contributed by atoms with Gasteiger partial charge in [0.05, 0.1) is 14.2 Å². The summed E-state index contributed by atoms with van der Waals surface area (Å²) in [5.74, 6) is 1.29. The van der Waals surface area contributed by atoms with Crippen molar-refractivity contribution in [3.8, 4) is 11.5 Å². The van der Waals surface area contributed by atoms with Crippen LogP contribution in [0, 0.1) is 0 Å². The summed E-state index contributed by atoms with van der Waals surface area (Å²) >= 11 is 0. The number of hydrogen-bond acceptors (Lipinski definition) is 4. The van der Waals surface area contributed by atoms with Crippen LogP contribution in [0.2, 0.25) is 0 Å². The molecule has 1 atom stereocenters. The monoisotopic (exact) mass is 245 g/mol. The van der Waals surface area contributed by atoms with Gasteiger partial charge in [-0.1, -0.05) is 6.07 Å². The van der Waals surface area contributed by atoms with E-state index in [1.54, 1.807) is 50.9 Å². The van der Waals surface area contributed by atoms with Crippen LogP contribution in [-0.2, 0) is 0 Å². The van der Waals surface area contributed by atoms with Gasteiger partial charge in [-0.15, -0.1) is 0 Å². The first-order chi connectivity index (χ1) is 8.74. The van der Waals surface area contributed by atoms with E-state index in [0.29, 0.717) is 17.1 Å². The molecule has 94 valence electrons. The normalized spacial score (nSPS) is 11.9. The summed E-state index contributed by atoms with van der Waals surface area (Å²) in [5, 5.41) is 10.3. The molecule has 4 nitrogen and oxygen atoms in total. The van der Waals surface area contributed by atoms with Gasteiger partial charge in [0.1, 0.15) is 17.6 Å². The summed E-state index contributed by atoms with van der Waals surface area (Å²) < 4.78 is 10.4. The van der Waals surface area contributed by atoms with Gasteiger partial charge in [0, 0.05) is 24.0 Å². The first-order valence-corrected chi connectivity index (χ1v) is 5.55. The average molecular weight is 245 g/mol. The lowest BCUT2D eigenvalue weighted by atomic mass is 10.0. The number of pyridine rings is 1. The molecular weight excluding hydrogens is 230 g/mol. The molecule has 0 aliphatic carbocycles. The van der Waals surface area contributed by atoms with Gasteiger partial charge in [-0.05, 0) is 23.8 Å². The Kier molecular flexibility index (Phi) is 3.79. The molecule has 2 aromatic rings. The fraction of sp³-hybridized carbons (Fsp3) is 0.214. The van der Waals surface area contributed by atoms with Crippen LogP contribution in [0.25, 0.3) is 0 Å². The Balaban J connectivity index is 2.38. The number of aliphatic hydroxyl groups is 1. The zero-order valence-corrected chi connectivity index (χ0v) is 10.3. The molecule has 1 aromatic heterocycles. The van der Waals surface area contributed by atoms with E-state index >= 15 is 0 Å². The largest absolute Gasteiger partial charge is 0.497 e. The fourth-order valence-electron chi connectivity index (χ4n) is 1.72. The molecule has 18 heavy (non-hydrogen) atoms. The highest BCUT2D eigenvalue weighted by molar-refractivity contribution is 5.41. The van der Waals surface area contributed by atoms with Crippen LogP contribution in [-0.4, -0.2) is 24.3 Å². The summed E-state index contributed by atoms with van der Waals surface area (Å²) in [6.07, 6.45) is 2.56. The van der Waals surface area contributed by atoms with Crippen molar-refractivity contribution in [3.05, 3.63) is 53.9 Å². The number of ether oxygens (including phenoxy) is 2. The second-order valence-electron chi connectivity index (χ2n) is 3.83. The van der Waals surface area contributed by atoms with E-state index in [1.807, 2.05) is 6.07 Å². The molecule has 0 aliphatic rings. The van der Waals surface area contributed by atoms with E-state index in [9.17, 15) is 5.11 Å². The second-order valence-corrected chi connectivity index (χ2v) is 3.83. The lowest BCUT2D eigenvalue weighted by molar-refractivity contribution is 0.218. The van der Waals surface area contributed by atoms with E-state index in [1.165, 1.54) is 0 Å². The van der Waals surface area contributed by atoms with E-state index in [4.69, 9.17) is 9.47 Å². The van der Waals surface area contributed by atoms with Crippen LogP contribution in [0.4, 0.5) is 0 Å². The highest BCUT2D eigenvalue weighted by Crippen LogP contribution is 2.29. The Morgan fingerprint density at radius 2 is 1.72 bits per heavy atom. The maximum absolute atomic E-state index is 10.3. The predicted molar refractivity (Wildman–Crippen MR) is 67.8 cm³/mol. The number of nitrogens with zero attached hydrogens (tertiary/aromatic N) is 1. The SMILES string of the molecule is COc1cc(OC)cc(C(O)c2cccnc2)c1. The summed E-state index contributed by atoms with van der Waals surface area (Å²) in [4.78, 5) is 3.99. The lowest BCUT2D eigenvalue weighted by Crippen LogP contribution is -2.01. The summed E-state index contributed by atoms with van der Waals surface area (Å²) in [6.45, 7) is 0. The summed E-state index contributed by atoms with van der Waals surface area (Å²) in [6, 6.07) is 8.93. The molecular formula is C14H15NO3. The molecule has 0 fully saturated rings. The third-order valence-electron chi connectivity index (χ3n) is 2.69. The molecule has 2 rings (SSSR count). The second kappa shape index (κ2) is 5.51. The molecule has 1 unspecified atom stereocenters. The van der Waals surface area contributed by atoms with Gasteiger partial charge >= 0.3 is 0 Å². The van der Waals surface area contributed by atoms with Crippen LogP contribution in [0.3, 0.4) is 0 Å². The third kappa shape index (κ3) is 2.60. The minimum absolute atomic E-state index is 0.646. The van der Waals surface area contributed by atoms with Gasteiger partial charge < -0.3 is 14.6 Å². The van der Waals surface area contributed by atoms with Crippen molar-refractivity contribution >= 4 is 0 Å². The first-order valence-electron chi connectivity index (χ1n) is 5.55.